The van der Waals surface area contributed by atoms with Crippen LogP contribution in [0.15, 0.2) is 35.4 Å². The van der Waals surface area contributed by atoms with Gasteiger partial charge in [0.25, 0.3) is 11.5 Å². The maximum Gasteiger partial charge on any atom is 0.270 e. The molecule has 6 rings (SSSR count). The van der Waals surface area contributed by atoms with Crippen molar-refractivity contribution in [1.29, 1.82) is 0 Å². The molecule has 3 aromatic rings. The van der Waals surface area contributed by atoms with E-state index in [1.807, 2.05) is 12.3 Å². The number of pyridine rings is 3. The van der Waals surface area contributed by atoms with E-state index in [0.29, 0.717) is 18.5 Å². The molecule has 1 saturated heterocycles. The number of aromatic amines is 1. The SMILES string of the molecule is O=C(NC1CC(F)C1)c1ccc(N2CCN(Cc3cnc4c5c(c(=O)[nH]c4c3)CCCC5)CC2)cn1. The molecule has 188 valence electrons. The minimum Gasteiger partial charge on any atom is -0.368 e. The van der Waals surface area contributed by atoms with Gasteiger partial charge in [0.2, 0.25) is 0 Å². The maximum atomic E-state index is 13.0. The number of halogens is 1. The zero-order chi connectivity index (χ0) is 24.6. The fourth-order valence-corrected chi connectivity index (χ4v) is 5.60. The Balaban J connectivity index is 1.06. The molecular weight excluding hydrogens is 459 g/mol. The first kappa shape index (κ1) is 23.1. The summed E-state index contributed by atoms with van der Waals surface area (Å²) in [5, 5.41) is 2.83. The first-order valence-corrected chi connectivity index (χ1v) is 12.9. The molecule has 0 atom stereocenters. The zero-order valence-electron chi connectivity index (χ0n) is 20.3. The minimum absolute atomic E-state index is 0.0401. The summed E-state index contributed by atoms with van der Waals surface area (Å²) in [6.45, 7) is 4.30. The molecule has 1 saturated carbocycles. The molecule has 2 aliphatic carbocycles. The van der Waals surface area contributed by atoms with Gasteiger partial charge in [0.15, 0.2) is 0 Å². The lowest BCUT2D eigenvalue weighted by Crippen LogP contribution is -2.46. The van der Waals surface area contributed by atoms with Gasteiger partial charge < -0.3 is 15.2 Å². The Labute approximate surface area is 208 Å². The number of piperazine rings is 1. The second-order valence-corrected chi connectivity index (χ2v) is 10.3. The predicted molar refractivity (Wildman–Crippen MR) is 136 cm³/mol. The molecule has 0 bridgehead atoms. The van der Waals surface area contributed by atoms with Crippen molar-refractivity contribution in [3.05, 3.63) is 63.3 Å². The van der Waals surface area contributed by atoms with Crippen LogP contribution in [-0.4, -0.2) is 64.2 Å². The van der Waals surface area contributed by atoms with Crippen molar-refractivity contribution in [1.82, 2.24) is 25.2 Å². The number of alkyl halides is 1. The lowest BCUT2D eigenvalue weighted by atomic mass is 9.91. The number of fused-ring (bicyclic) bond motifs is 3. The first-order chi connectivity index (χ1) is 17.5. The average Bonchev–Trinajstić information content (AvgIpc) is 2.88. The van der Waals surface area contributed by atoms with Crippen LogP contribution in [0.3, 0.4) is 0 Å². The zero-order valence-corrected chi connectivity index (χ0v) is 20.3. The Bertz CT molecular complexity index is 1330. The first-order valence-electron chi connectivity index (χ1n) is 12.9. The number of nitrogens with zero attached hydrogens (tertiary/aromatic N) is 4. The van der Waals surface area contributed by atoms with E-state index in [-0.39, 0.29) is 17.5 Å². The van der Waals surface area contributed by atoms with E-state index >= 15 is 0 Å². The van der Waals surface area contributed by atoms with Crippen LogP contribution in [0.1, 0.15) is 52.9 Å². The number of hydrogen-bond acceptors (Lipinski definition) is 6. The summed E-state index contributed by atoms with van der Waals surface area (Å²) < 4.78 is 13.0. The molecule has 36 heavy (non-hydrogen) atoms. The molecule has 0 unspecified atom stereocenters. The van der Waals surface area contributed by atoms with E-state index in [0.717, 1.165) is 91.8 Å². The Kier molecular flexibility index (Phi) is 6.17. The molecule has 0 aromatic carbocycles. The normalized spacial score (nSPS) is 22.2. The van der Waals surface area contributed by atoms with Gasteiger partial charge in [0.05, 0.1) is 22.9 Å². The number of H-pyrrole nitrogens is 1. The number of carbonyl (C=O) groups excluding carboxylic acids is 1. The Hall–Kier alpha value is -3.33. The molecule has 0 spiro atoms. The summed E-state index contributed by atoms with van der Waals surface area (Å²) in [5.41, 5.74) is 6.34. The minimum atomic E-state index is -0.795. The quantitative estimate of drug-likeness (QED) is 0.571. The van der Waals surface area contributed by atoms with Gasteiger partial charge in [-0.25, -0.2) is 9.37 Å². The van der Waals surface area contributed by atoms with E-state index in [1.165, 1.54) is 0 Å². The van der Waals surface area contributed by atoms with Crippen molar-refractivity contribution in [2.45, 2.75) is 57.3 Å². The molecule has 1 amide bonds. The highest BCUT2D eigenvalue weighted by molar-refractivity contribution is 5.92. The molecule has 2 fully saturated rings. The summed E-state index contributed by atoms with van der Waals surface area (Å²) in [4.78, 5) is 41.6. The van der Waals surface area contributed by atoms with Gasteiger partial charge in [-0.15, -0.1) is 0 Å². The maximum absolute atomic E-state index is 13.0. The number of hydrogen-bond donors (Lipinski definition) is 2. The summed E-state index contributed by atoms with van der Waals surface area (Å²) in [7, 11) is 0. The van der Waals surface area contributed by atoms with Gasteiger partial charge in [0.1, 0.15) is 11.9 Å². The third kappa shape index (κ3) is 4.59. The summed E-state index contributed by atoms with van der Waals surface area (Å²) in [5.74, 6) is -0.242. The second-order valence-electron chi connectivity index (χ2n) is 10.3. The van der Waals surface area contributed by atoms with Crippen molar-refractivity contribution >= 4 is 22.6 Å². The van der Waals surface area contributed by atoms with Gasteiger partial charge in [-0.05, 0) is 67.9 Å². The fourth-order valence-electron chi connectivity index (χ4n) is 5.60. The third-order valence-corrected chi connectivity index (χ3v) is 7.76. The third-order valence-electron chi connectivity index (χ3n) is 7.76. The topological polar surface area (TPSA) is 94.2 Å². The van der Waals surface area contributed by atoms with Crippen molar-refractivity contribution < 1.29 is 9.18 Å². The van der Waals surface area contributed by atoms with Gasteiger partial charge in [-0.2, -0.15) is 0 Å². The highest BCUT2D eigenvalue weighted by Gasteiger charge is 2.30. The summed E-state index contributed by atoms with van der Waals surface area (Å²) in [6, 6.07) is 5.67. The van der Waals surface area contributed by atoms with Crippen LogP contribution in [0.25, 0.3) is 11.0 Å². The largest absolute Gasteiger partial charge is 0.368 e. The standard InChI is InChI=1S/C27H31FN6O2/c28-18-12-19(13-18)31-27(36)23-6-5-20(15-29-23)34-9-7-33(8-10-34)16-17-11-24-25(30-14-17)21-3-1-2-4-22(21)26(35)32-24/h5-6,11,14-15,18-19H,1-4,7-10,12-13,16H2,(H,31,36)(H,32,35). The van der Waals surface area contributed by atoms with E-state index in [9.17, 15) is 14.0 Å². The Morgan fingerprint density at radius 1 is 1.06 bits per heavy atom. The Morgan fingerprint density at radius 3 is 2.56 bits per heavy atom. The van der Waals surface area contributed by atoms with Crippen molar-refractivity contribution in [3.8, 4) is 0 Å². The van der Waals surface area contributed by atoms with E-state index < -0.39 is 6.17 Å². The number of rotatable bonds is 5. The number of aryl methyl sites for hydroxylation is 1. The van der Waals surface area contributed by atoms with Gasteiger partial charge in [-0.1, -0.05) is 0 Å². The van der Waals surface area contributed by atoms with Crippen LogP contribution in [0, 0.1) is 0 Å². The molecule has 4 heterocycles. The van der Waals surface area contributed by atoms with Gasteiger partial charge in [0, 0.05) is 50.5 Å². The van der Waals surface area contributed by atoms with Gasteiger partial charge in [-0.3, -0.25) is 19.5 Å². The number of anilines is 1. The average molecular weight is 491 g/mol. The highest BCUT2D eigenvalue weighted by Crippen LogP contribution is 2.25. The molecule has 8 nitrogen and oxygen atoms in total. The Morgan fingerprint density at radius 2 is 1.83 bits per heavy atom. The van der Waals surface area contributed by atoms with Crippen LogP contribution >= 0.6 is 0 Å². The smallest absolute Gasteiger partial charge is 0.270 e. The monoisotopic (exact) mass is 490 g/mol. The van der Waals surface area contributed by atoms with Gasteiger partial charge >= 0.3 is 0 Å². The van der Waals surface area contributed by atoms with E-state index in [1.54, 1.807) is 12.3 Å². The predicted octanol–water partition coefficient (Wildman–Crippen LogP) is 2.75. The molecule has 1 aliphatic heterocycles. The summed E-state index contributed by atoms with van der Waals surface area (Å²) in [6.07, 6.45) is 7.66. The molecule has 9 heteroatoms. The van der Waals surface area contributed by atoms with E-state index in [2.05, 4.69) is 31.2 Å². The highest BCUT2D eigenvalue weighted by atomic mass is 19.1. The number of aromatic nitrogens is 3. The summed E-state index contributed by atoms with van der Waals surface area (Å²) >= 11 is 0. The molecule has 0 radical (unpaired) electrons. The van der Waals surface area contributed by atoms with Crippen LogP contribution < -0.4 is 15.8 Å². The van der Waals surface area contributed by atoms with E-state index in [4.69, 9.17) is 4.98 Å². The molecule has 3 aromatic heterocycles. The fraction of sp³-hybridized carbons (Fsp3) is 0.481. The number of amides is 1. The number of nitrogens with one attached hydrogen (secondary N) is 2. The van der Waals surface area contributed by atoms with Crippen LogP contribution in [0.5, 0.6) is 0 Å². The lowest BCUT2D eigenvalue weighted by molar-refractivity contribution is 0.0855. The van der Waals surface area contributed by atoms with Crippen LogP contribution in [0.4, 0.5) is 10.1 Å². The number of carbonyl (C=O) groups is 1. The molecule has 2 N–H and O–H groups in total. The molecular formula is C27H31FN6O2. The van der Waals surface area contributed by atoms with Crippen molar-refractivity contribution in [3.63, 3.8) is 0 Å². The van der Waals surface area contributed by atoms with Crippen molar-refractivity contribution in [2.24, 2.45) is 0 Å². The second kappa shape index (κ2) is 9.61. The lowest BCUT2D eigenvalue weighted by Gasteiger charge is -2.36. The molecule has 3 aliphatic rings. The van der Waals surface area contributed by atoms with Crippen LogP contribution in [-0.2, 0) is 19.4 Å². The van der Waals surface area contributed by atoms with Crippen molar-refractivity contribution in [2.75, 3.05) is 31.1 Å². The van der Waals surface area contributed by atoms with Crippen LogP contribution in [0.2, 0.25) is 0 Å².